The van der Waals surface area contributed by atoms with E-state index in [9.17, 15) is 19.5 Å². The summed E-state index contributed by atoms with van der Waals surface area (Å²) in [7, 11) is 0. The molecule has 39 heavy (non-hydrogen) atoms. The molecule has 3 fully saturated rings. The van der Waals surface area contributed by atoms with Crippen LogP contribution in [0.3, 0.4) is 0 Å². The van der Waals surface area contributed by atoms with E-state index in [1.165, 1.54) is 0 Å². The highest BCUT2D eigenvalue weighted by Gasteiger charge is 2.56. The summed E-state index contributed by atoms with van der Waals surface area (Å²) in [4.78, 5) is 49.4. The number of amides is 2. The van der Waals surface area contributed by atoms with E-state index in [1.807, 2.05) is 24.0 Å². The average molecular weight is 572 g/mol. The Labute approximate surface area is 237 Å². The second kappa shape index (κ2) is 9.77. The summed E-state index contributed by atoms with van der Waals surface area (Å²) in [5.74, 6) is -1.18. The van der Waals surface area contributed by atoms with Gasteiger partial charge in [0.25, 0.3) is 0 Å². The predicted molar refractivity (Wildman–Crippen MR) is 146 cm³/mol. The van der Waals surface area contributed by atoms with Crippen LogP contribution in [0.1, 0.15) is 79.7 Å². The molecule has 1 aromatic heterocycles. The van der Waals surface area contributed by atoms with Crippen LogP contribution < -0.4 is 4.74 Å². The van der Waals surface area contributed by atoms with Gasteiger partial charge in [-0.3, -0.25) is 14.4 Å². The first-order chi connectivity index (χ1) is 18.6. The Kier molecular flexibility index (Phi) is 6.65. The van der Waals surface area contributed by atoms with Gasteiger partial charge in [-0.15, -0.1) is 11.3 Å². The van der Waals surface area contributed by atoms with Crippen LogP contribution in [0.25, 0.3) is 0 Å². The minimum absolute atomic E-state index is 0.0128. The fourth-order valence-corrected chi connectivity index (χ4v) is 7.65. The van der Waals surface area contributed by atoms with Crippen molar-refractivity contribution in [2.75, 3.05) is 13.1 Å². The largest absolute Gasteiger partial charge is 0.487 e. The summed E-state index contributed by atoms with van der Waals surface area (Å²) in [5, 5.41) is 10.7. The third-order valence-electron chi connectivity index (χ3n) is 9.51. The molecule has 1 saturated heterocycles. The van der Waals surface area contributed by atoms with Crippen LogP contribution in [0.2, 0.25) is 5.02 Å². The first kappa shape index (κ1) is 26.6. The lowest BCUT2D eigenvalue weighted by atomic mass is 9.66. The zero-order chi connectivity index (χ0) is 27.5. The molecule has 4 aliphatic rings. The summed E-state index contributed by atoms with van der Waals surface area (Å²) in [6.45, 7) is 4.91. The lowest BCUT2D eigenvalue weighted by molar-refractivity contribution is -0.165. The quantitative estimate of drug-likeness (QED) is 0.501. The Bertz CT molecular complexity index is 1340. The topological polar surface area (TPSA) is 100 Å². The van der Waals surface area contributed by atoms with E-state index in [0.29, 0.717) is 49.5 Å². The van der Waals surface area contributed by atoms with Gasteiger partial charge < -0.3 is 19.6 Å². The van der Waals surface area contributed by atoms with Gasteiger partial charge in [0, 0.05) is 35.0 Å². The maximum atomic E-state index is 14.4. The number of aromatic nitrogens is 1. The standard InChI is InChI=1S/C29H34ClN3O5S/c1-17-21(31-16-39-17)14-38-22-7-6-20(30)18-8-12-32(26(35)19-5-3-4-9-28(19,2)27(36)37)25(24(18)22)33-15-29(10-11-29)13-23(33)34/h6-7,16,19,25H,3-5,8-15H2,1-2H3,(H,36,37)/t19?,25-,28+/m1/s1. The number of thiazole rings is 1. The highest BCUT2D eigenvalue weighted by molar-refractivity contribution is 7.09. The normalized spacial score (nSPS) is 27.5. The third kappa shape index (κ3) is 4.51. The van der Waals surface area contributed by atoms with Gasteiger partial charge in [0.15, 0.2) is 0 Å². The molecule has 208 valence electrons. The molecule has 6 rings (SSSR count). The molecule has 1 spiro atoms. The molecule has 8 nitrogen and oxygen atoms in total. The molecule has 3 atom stereocenters. The number of carboxylic acid groups (broad SMARTS) is 1. The summed E-state index contributed by atoms with van der Waals surface area (Å²) in [6.07, 6.45) is 4.90. The van der Waals surface area contributed by atoms with Crippen molar-refractivity contribution in [2.45, 2.75) is 78.0 Å². The number of benzene rings is 1. The van der Waals surface area contributed by atoms with Gasteiger partial charge in [0.05, 0.1) is 22.5 Å². The van der Waals surface area contributed by atoms with Gasteiger partial charge in [-0.2, -0.15) is 0 Å². The molecule has 2 amide bonds. The molecule has 1 N–H and O–H groups in total. The van der Waals surface area contributed by atoms with Crippen LogP contribution in [0.15, 0.2) is 17.6 Å². The number of aryl methyl sites for hydroxylation is 1. The van der Waals surface area contributed by atoms with Crippen LogP contribution in [0.5, 0.6) is 5.75 Å². The predicted octanol–water partition coefficient (Wildman–Crippen LogP) is 5.36. The Hall–Kier alpha value is -2.65. The molecule has 3 heterocycles. The number of halogens is 1. The van der Waals surface area contributed by atoms with Gasteiger partial charge in [0.2, 0.25) is 11.8 Å². The monoisotopic (exact) mass is 571 g/mol. The van der Waals surface area contributed by atoms with E-state index in [-0.39, 0.29) is 23.8 Å². The van der Waals surface area contributed by atoms with Crippen molar-refractivity contribution in [3.63, 3.8) is 0 Å². The van der Waals surface area contributed by atoms with Gasteiger partial charge in [-0.1, -0.05) is 24.4 Å². The molecule has 1 aromatic carbocycles. The molecule has 0 radical (unpaired) electrons. The van der Waals surface area contributed by atoms with Gasteiger partial charge in [-0.25, -0.2) is 4.98 Å². The molecule has 0 bridgehead atoms. The van der Waals surface area contributed by atoms with E-state index in [4.69, 9.17) is 16.3 Å². The van der Waals surface area contributed by atoms with Crippen molar-refractivity contribution in [2.24, 2.45) is 16.7 Å². The minimum Gasteiger partial charge on any atom is -0.487 e. The van der Waals surface area contributed by atoms with Crippen LogP contribution in [-0.2, 0) is 27.4 Å². The molecule has 2 aliphatic heterocycles. The average Bonchev–Trinajstić information content (AvgIpc) is 3.41. The highest BCUT2D eigenvalue weighted by Crippen LogP contribution is 2.56. The number of hydrogen-bond donors (Lipinski definition) is 1. The second-order valence-electron chi connectivity index (χ2n) is 12.0. The molecule has 10 heteroatoms. The SMILES string of the molecule is Cc1scnc1COc1ccc(Cl)c2c1[C@@H](N1CC3(CC3)CC1=O)N(C(=O)C1CCCC[C@]1(C)C(=O)O)CC2. The number of fused-ring (bicyclic) bond motifs is 1. The zero-order valence-corrected chi connectivity index (χ0v) is 23.9. The van der Waals surface area contributed by atoms with Crippen molar-refractivity contribution in [3.8, 4) is 5.75 Å². The van der Waals surface area contributed by atoms with Crippen molar-refractivity contribution in [3.05, 3.63) is 44.4 Å². The Morgan fingerprint density at radius 3 is 2.72 bits per heavy atom. The number of hydrogen-bond acceptors (Lipinski definition) is 6. The fraction of sp³-hybridized carbons (Fsp3) is 0.586. The number of nitrogens with zero attached hydrogens (tertiary/aromatic N) is 3. The van der Waals surface area contributed by atoms with Crippen molar-refractivity contribution >= 4 is 40.7 Å². The van der Waals surface area contributed by atoms with Gasteiger partial charge in [-0.05, 0) is 69.1 Å². The number of carboxylic acids is 1. The first-order valence-electron chi connectivity index (χ1n) is 13.8. The lowest BCUT2D eigenvalue weighted by Gasteiger charge is -2.47. The number of rotatable bonds is 6. The second-order valence-corrected chi connectivity index (χ2v) is 13.4. The summed E-state index contributed by atoms with van der Waals surface area (Å²) >= 11 is 8.28. The van der Waals surface area contributed by atoms with Crippen molar-refractivity contribution in [1.82, 2.24) is 14.8 Å². The number of carbonyl (C=O) groups is 3. The van der Waals surface area contributed by atoms with Crippen molar-refractivity contribution < 1.29 is 24.2 Å². The smallest absolute Gasteiger partial charge is 0.310 e. The maximum Gasteiger partial charge on any atom is 0.310 e. The van der Waals surface area contributed by atoms with Gasteiger partial charge >= 0.3 is 5.97 Å². The summed E-state index contributed by atoms with van der Waals surface area (Å²) in [5.41, 5.74) is 3.11. The van der Waals surface area contributed by atoms with E-state index in [2.05, 4.69) is 4.98 Å². The molecule has 1 unspecified atom stereocenters. The van der Waals surface area contributed by atoms with Crippen molar-refractivity contribution in [1.29, 1.82) is 0 Å². The van der Waals surface area contributed by atoms with E-state index >= 15 is 0 Å². The Balaban J connectivity index is 1.42. The molecular weight excluding hydrogens is 538 g/mol. The Morgan fingerprint density at radius 2 is 2.05 bits per heavy atom. The van der Waals surface area contributed by atoms with Gasteiger partial charge in [0.1, 0.15) is 18.5 Å². The van der Waals surface area contributed by atoms with Crippen LogP contribution in [0, 0.1) is 23.7 Å². The Morgan fingerprint density at radius 1 is 1.26 bits per heavy atom. The summed E-state index contributed by atoms with van der Waals surface area (Å²) in [6, 6.07) is 3.63. The third-order valence-corrected chi connectivity index (χ3v) is 10.7. The lowest BCUT2D eigenvalue weighted by Crippen LogP contribution is -2.54. The molecule has 2 aromatic rings. The number of carbonyl (C=O) groups excluding carboxylic acids is 2. The highest BCUT2D eigenvalue weighted by atomic mass is 35.5. The number of aliphatic carboxylic acids is 1. The van der Waals surface area contributed by atoms with E-state index in [1.54, 1.807) is 28.7 Å². The summed E-state index contributed by atoms with van der Waals surface area (Å²) < 4.78 is 6.35. The van der Waals surface area contributed by atoms with Crippen LogP contribution in [0.4, 0.5) is 0 Å². The van der Waals surface area contributed by atoms with E-state index in [0.717, 1.165) is 47.4 Å². The number of ether oxygens (including phenoxy) is 1. The van der Waals surface area contributed by atoms with Crippen LogP contribution >= 0.6 is 22.9 Å². The molecule has 2 aliphatic carbocycles. The van der Waals surface area contributed by atoms with E-state index < -0.39 is 23.5 Å². The number of likely N-dealkylation sites (tertiary alicyclic amines) is 1. The fourth-order valence-electron chi connectivity index (χ4n) is 6.81. The minimum atomic E-state index is -1.14. The van der Waals surface area contributed by atoms with Crippen LogP contribution in [-0.4, -0.2) is 50.8 Å². The maximum absolute atomic E-state index is 14.4. The first-order valence-corrected chi connectivity index (χ1v) is 15.1. The zero-order valence-electron chi connectivity index (χ0n) is 22.4. The molecule has 2 saturated carbocycles. The molecular formula is C29H34ClN3O5S.